The number of aliphatic hydroxyl groups excluding tert-OH is 1. The molecular weight excluding hydrogens is 408 g/mol. The standard InChI is InChI=1S/C26H29ClN2O2/c27-20-11-13-21(14-12-20)29-26(31)23(5-3-17-30)19-9-7-18(8-10-19)22-15-16-28-25-6-2-1-4-24(22)25/h1-2,4,6,11-16,18-19,23,30H,3,5,7-10,17H2,(H,29,31)/t18?,19?,23-/m1/s1. The predicted molar refractivity (Wildman–Crippen MR) is 126 cm³/mol. The van der Waals surface area contributed by atoms with Crippen LogP contribution in [0.5, 0.6) is 0 Å². The first-order valence-electron chi connectivity index (χ1n) is 11.2. The van der Waals surface area contributed by atoms with Crippen LogP contribution in [0.25, 0.3) is 10.9 Å². The first kappa shape index (κ1) is 21.8. The van der Waals surface area contributed by atoms with Crippen molar-refractivity contribution in [2.45, 2.75) is 44.4 Å². The summed E-state index contributed by atoms with van der Waals surface area (Å²) in [4.78, 5) is 17.6. The Balaban J connectivity index is 1.44. The first-order valence-corrected chi connectivity index (χ1v) is 11.5. The third-order valence-electron chi connectivity index (χ3n) is 6.59. The lowest BCUT2D eigenvalue weighted by molar-refractivity contribution is -0.122. The zero-order valence-corrected chi connectivity index (χ0v) is 18.4. The van der Waals surface area contributed by atoms with Crippen LogP contribution in [0.4, 0.5) is 5.69 Å². The monoisotopic (exact) mass is 436 g/mol. The quantitative estimate of drug-likeness (QED) is 0.464. The minimum absolute atomic E-state index is 0.0496. The molecule has 1 atom stereocenters. The molecule has 1 fully saturated rings. The van der Waals surface area contributed by atoms with Gasteiger partial charge in [-0.15, -0.1) is 0 Å². The van der Waals surface area contributed by atoms with E-state index >= 15 is 0 Å². The Morgan fingerprint density at radius 2 is 1.81 bits per heavy atom. The first-order chi connectivity index (χ1) is 15.2. The molecule has 1 aliphatic rings. The third kappa shape index (κ3) is 5.25. The molecule has 0 saturated heterocycles. The van der Waals surface area contributed by atoms with Crippen molar-refractivity contribution >= 4 is 34.1 Å². The molecule has 0 aliphatic heterocycles. The fraction of sp³-hybridized carbons (Fsp3) is 0.385. The molecule has 2 aromatic carbocycles. The van der Waals surface area contributed by atoms with E-state index in [1.165, 1.54) is 10.9 Å². The average molecular weight is 437 g/mol. The van der Waals surface area contributed by atoms with E-state index in [0.29, 0.717) is 29.7 Å². The van der Waals surface area contributed by atoms with E-state index in [0.717, 1.165) is 36.9 Å². The number of anilines is 1. The highest BCUT2D eigenvalue weighted by Gasteiger charge is 2.32. The highest BCUT2D eigenvalue weighted by molar-refractivity contribution is 6.30. The predicted octanol–water partition coefficient (Wildman–Crippen LogP) is 6.19. The maximum absolute atomic E-state index is 13.1. The van der Waals surface area contributed by atoms with Crippen LogP contribution < -0.4 is 5.32 Å². The number of halogens is 1. The van der Waals surface area contributed by atoms with Gasteiger partial charge in [0.15, 0.2) is 0 Å². The van der Waals surface area contributed by atoms with Gasteiger partial charge >= 0.3 is 0 Å². The molecule has 4 nitrogen and oxygen atoms in total. The van der Waals surface area contributed by atoms with Gasteiger partial charge in [-0.3, -0.25) is 9.78 Å². The molecule has 5 heteroatoms. The number of benzene rings is 2. The van der Waals surface area contributed by atoms with Gasteiger partial charge in [0, 0.05) is 34.8 Å². The van der Waals surface area contributed by atoms with Gasteiger partial charge in [-0.1, -0.05) is 29.8 Å². The van der Waals surface area contributed by atoms with Crippen LogP contribution in [0.1, 0.15) is 50.0 Å². The molecule has 0 spiro atoms. The number of nitrogens with one attached hydrogen (secondary N) is 1. The molecule has 0 bridgehead atoms. The average Bonchev–Trinajstić information content (AvgIpc) is 2.81. The lowest BCUT2D eigenvalue weighted by Gasteiger charge is -2.34. The van der Waals surface area contributed by atoms with Crippen LogP contribution in [-0.4, -0.2) is 22.6 Å². The molecule has 4 rings (SSSR count). The van der Waals surface area contributed by atoms with E-state index in [-0.39, 0.29) is 18.4 Å². The molecule has 31 heavy (non-hydrogen) atoms. The topological polar surface area (TPSA) is 62.2 Å². The Labute approximate surface area is 188 Å². The summed E-state index contributed by atoms with van der Waals surface area (Å²) in [6.45, 7) is 0.114. The number of aromatic nitrogens is 1. The van der Waals surface area contributed by atoms with Crippen LogP contribution in [0, 0.1) is 11.8 Å². The van der Waals surface area contributed by atoms with Gasteiger partial charge in [-0.2, -0.15) is 0 Å². The molecule has 1 saturated carbocycles. The van der Waals surface area contributed by atoms with Crippen LogP contribution in [0.3, 0.4) is 0 Å². The number of hydrogen-bond acceptors (Lipinski definition) is 3. The van der Waals surface area contributed by atoms with E-state index in [9.17, 15) is 9.90 Å². The van der Waals surface area contributed by atoms with Crippen molar-refractivity contribution in [2.24, 2.45) is 11.8 Å². The van der Waals surface area contributed by atoms with Gasteiger partial charge in [0.25, 0.3) is 0 Å². The van der Waals surface area contributed by atoms with Crippen LogP contribution >= 0.6 is 11.6 Å². The highest BCUT2D eigenvalue weighted by atomic mass is 35.5. The molecule has 3 aromatic rings. The van der Waals surface area contributed by atoms with Crippen molar-refractivity contribution in [2.75, 3.05) is 11.9 Å². The number of rotatable bonds is 7. The number of nitrogens with zero attached hydrogens (tertiary/aromatic N) is 1. The van der Waals surface area contributed by atoms with E-state index in [1.54, 1.807) is 12.1 Å². The maximum Gasteiger partial charge on any atom is 0.227 e. The summed E-state index contributed by atoms with van der Waals surface area (Å²) >= 11 is 5.96. The molecular formula is C26H29ClN2O2. The number of aliphatic hydroxyl groups is 1. The zero-order chi connectivity index (χ0) is 21.6. The summed E-state index contributed by atoms with van der Waals surface area (Å²) < 4.78 is 0. The number of pyridine rings is 1. The van der Waals surface area contributed by atoms with Crippen molar-refractivity contribution in [1.82, 2.24) is 4.98 Å². The van der Waals surface area contributed by atoms with Crippen molar-refractivity contribution in [1.29, 1.82) is 0 Å². The van der Waals surface area contributed by atoms with Crippen molar-refractivity contribution in [3.05, 3.63) is 71.4 Å². The minimum atomic E-state index is -0.0852. The SMILES string of the molecule is O=C(Nc1ccc(Cl)cc1)[C@H](CCCO)C1CCC(c2ccnc3ccccc23)CC1. The number of para-hydroxylation sites is 1. The molecule has 0 radical (unpaired) electrons. The van der Waals surface area contributed by atoms with E-state index in [1.807, 2.05) is 24.4 Å². The molecule has 1 aliphatic carbocycles. The fourth-order valence-corrected chi connectivity index (χ4v) is 5.09. The molecule has 1 amide bonds. The molecule has 162 valence electrons. The molecule has 1 heterocycles. The number of carbonyl (C=O) groups is 1. The highest BCUT2D eigenvalue weighted by Crippen LogP contribution is 2.42. The Morgan fingerprint density at radius 1 is 1.06 bits per heavy atom. The van der Waals surface area contributed by atoms with E-state index in [2.05, 4.69) is 34.6 Å². The van der Waals surface area contributed by atoms with Gasteiger partial charge in [0.05, 0.1) is 5.52 Å². The van der Waals surface area contributed by atoms with Gasteiger partial charge in [-0.25, -0.2) is 0 Å². The van der Waals surface area contributed by atoms with Crippen molar-refractivity contribution < 1.29 is 9.90 Å². The summed E-state index contributed by atoms with van der Waals surface area (Å²) in [5.41, 5.74) is 3.19. The summed E-state index contributed by atoms with van der Waals surface area (Å²) in [7, 11) is 0. The fourth-order valence-electron chi connectivity index (χ4n) is 4.97. The molecule has 0 unspecified atom stereocenters. The van der Waals surface area contributed by atoms with Crippen LogP contribution in [0.15, 0.2) is 60.8 Å². The summed E-state index contributed by atoms with van der Waals surface area (Å²) in [5, 5.41) is 14.3. The van der Waals surface area contributed by atoms with E-state index < -0.39 is 0 Å². The van der Waals surface area contributed by atoms with Gasteiger partial charge in [0.2, 0.25) is 5.91 Å². The number of hydrogen-bond donors (Lipinski definition) is 2. The van der Waals surface area contributed by atoms with E-state index in [4.69, 9.17) is 11.6 Å². The number of amides is 1. The second kappa shape index (κ2) is 10.3. The lowest BCUT2D eigenvalue weighted by Crippen LogP contribution is -2.32. The van der Waals surface area contributed by atoms with Crippen molar-refractivity contribution in [3.63, 3.8) is 0 Å². The van der Waals surface area contributed by atoms with Gasteiger partial charge in [-0.05, 0) is 92.3 Å². The molecule has 2 N–H and O–H groups in total. The Kier molecular flexibility index (Phi) is 7.21. The Bertz CT molecular complexity index is 1010. The third-order valence-corrected chi connectivity index (χ3v) is 6.84. The minimum Gasteiger partial charge on any atom is -0.396 e. The largest absolute Gasteiger partial charge is 0.396 e. The Hall–Kier alpha value is -2.43. The second-order valence-electron chi connectivity index (χ2n) is 8.50. The molecule has 1 aromatic heterocycles. The normalized spacial score (nSPS) is 19.8. The summed E-state index contributed by atoms with van der Waals surface area (Å²) in [6.07, 6.45) is 7.45. The van der Waals surface area contributed by atoms with Gasteiger partial charge in [0.1, 0.15) is 0 Å². The van der Waals surface area contributed by atoms with Crippen molar-refractivity contribution in [3.8, 4) is 0 Å². The summed E-state index contributed by atoms with van der Waals surface area (Å²) in [5.74, 6) is 0.803. The smallest absolute Gasteiger partial charge is 0.227 e. The van der Waals surface area contributed by atoms with Crippen LogP contribution in [0.2, 0.25) is 5.02 Å². The second-order valence-corrected chi connectivity index (χ2v) is 8.93. The maximum atomic E-state index is 13.1. The van der Waals surface area contributed by atoms with Gasteiger partial charge < -0.3 is 10.4 Å². The van der Waals surface area contributed by atoms with Crippen LogP contribution in [-0.2, 0) is 4.79 Å². The summed E-state index contributed by atoms with van der Waals surface area (Å²) in [6, 6.07) is 17.7. The number of fused-ring (bicyclic) bond motifs is 1. The number of carbonyl (C=O) groups excluding carboxylic acids is 1. The lowest BCUT2D eigenvalue weighted by atomic mass is 9.72. The Morgan fingerprint density at radius 3 is 2.55 bits per heavy atom. The zero-order valence-electron chi connectivity index (χ0n) is 17.6.